The van der Waals surface area contributed by atoms with E-state index in [2.05, 4.69) is 0 Å². The minimum absolute atomic E-state index is 0.167. The van der Waals surface area contributed by atoms with Crippen LogP contribution in [0.4, 0.5) is 0 Å². The Balaban J connectivity index is 0. The molecule has 0 heterocycles. The van der Waals surface area contributed by atoms with Crippen molar-refractivity contribution in [2.45, 2.75) is 20.8 Å². The molecule has 2 heteroatoms. The summed E-state index contributed by atoms with van der Waals surface area (Å²) < 4.78 is 0. The molecule has 0 N–H and O–H groups in total. The minimum Gasteiger partial charge on any atom is -0.300 e. The minimum atomic E-state index is 0.167. The van der Waals surface area contributed by atoms with E-state index in [-0.39, 0.29) is 5.78 Å². The summed E-state index contributed by atoms with van der Waals surface area (Å²) in [4.78, 5) is 18.8. The lowest BCUT2D eigenvalue weighted by Crippen LogP contribution is -1.69. The predicted octanol–water partition coefficient (Wildman–Crippen LogP) is 1.36. The molecule has 0 bridgehead atoms. The third-order valence-corrected chi connectivity index (χ3v) is 0.271. The number of hydrogen-bond donors (Lipinski definition) is 0. The summed E-state index contributed by atoms with van der Waals surface area (Å²) in [5, 5.41) is 0. The second kappa shape index (κ2) is 10.1. The van der Waals surface area contributed by atoms with Gasteiger partial charge in [0.05, 0.1) is 0 Å². The fourth-order valence-corrected chi connectivity index (χ4v) is 0.0786. The maximum atomic E-state index is 9.44. The molecule has 0 saturated carbocycles. The first-order chi connectivity index (χ1) is 4.15. The van der Waals surface area contributed by atoms with Crippen LogP contribution in [0.3, 0.4) is 0 Å². The summed E-state index contributed by atoms with van der Waals surface area (Å²) in [6.45, 7) is 4.86. The highest BCUT2D eigenvalue weighted by Crippen LogP contribution is 1.55. The van der Waals surface area contributed by atoms with Gasteiger partial charge in [-0.1, -0.05) is 6.08 Å². The van der Waals surface area contributed by atoms with Gasteiger partial charge in [-0.25, -0.2) is 0 Å². The molecule has 0 aromatic rings. The van der Waals surface area contributed by atoms with Crippen LogP contribution >= 0.6 is 0 Å². The van der Waals surface area contributed by atoms with Crippen molar-refractivity contribution in [3.63, 3.8) is 0 Å². The van der Waals surface area contributed by atoms with Crippen LogP contribution in [0.25, 0.3) is 0 Å². The summed E-state index contributed by atoms with van der Waals surface area (Å²) in [5.74, 6) is 0.167. The first-order valence-corrected chi connectivity index (χ1v) is 2.68. The highest BCUT2D eigenvalue weighted by atomic mass is 16.1. The lowest BCUT2D eigenvalue weighted by molar-refractivity contribution is -0.115. The number of aldehydes is 1. The summed E-state index contributed by atoms with van der Waals surface area (Å²) >= 11 is 0. The number of hydrogen-bond acceptors (Lipinski definition) is 2. The zero-order valence-corrected chi connectivity index (χ0v) is 6.05. The number of rotatable bonds is 1. The molecule has 52 valence electrons. The number of allylic oxidation sites excluding steroid dienone is 2. The highest BCUT2D eigenvalue weighted by Gasteiger charge is 1.62. The molecule has 0 spiro atoms. The van der Waals surface area contributed by atoms with Gasteiger partial charge >= 0.3 is 0 Å². The van der Waals surface area contributed by atoms with Crippen molar-refractivity contribution < 1.29 is 9.59 Å². The standard InChI is InChI=1S/C4H6O.C3H6O/c1-2-3-4-5;1-3(2)4/h2-4H,1H3;1-2H3/b3-2+;. The van der Waals surface area contributed by atoms with Gasteiger partial charge in [0, 0.05) is 0 Å². The summed E-state index contributed by atoms with van der Waals surface area (Å²) in [7, 11) is 0. The van der Waals surface area contributed by atoms with Crippen LogP contribution in [0.5, 0.6) is 0 Å². The van der Waals surface area contributed by atoms with Crippen LogP contribution in [0, 0.1) is 0 Å². The number of carbonyl (C=O) groups is 2. The Kier molecular flexibility index (Phi) is 12.3. The van der Waals surface area contributed by atoms with Crippen molar-refractivity contribution in [3.8, 4) is 0 Å². The van der Waals surface area contributed by atoms with Crippen LogP contribution in [-0.4, -0.2) is 12.1 Å². The summed E-state index contributed by atoms with van der Waals surface area (Å²) in [5.41, 5.74) is 0. The van der Waals surface area contributed by atoms with E-state index in [0.717, 1.165) is 6.29 Å². The van der Waals surface area contributed by atoms with Crippen LogP contribution in [-0.2, 0) is 9.59 Å². The van der Waals surface area contributed by atoms with Gasteiger partial charge in [0.15, 0.2) is 0 Å². The van der Waals surface area contributed by atoms with E-state index >= 15 is 0 Å². The second-order valence-electron chi connectivity index (χ2n) is 1.57. The van der Waals surface area contributed by atoms with E-state index in [9.17, 15) is 9.59 Å². The largest absolute Gasteiger partial charge is 0.300 e. The molecule has 0 aliphatic carbocycles. The Labute approximate surface area is 55.6 Å². The van der Waals surface area contributed by atoms with Gasteiger partial charge in [0.25, 0.3) is 0 Å². The van der Waals surface area contributed by atoms with Crippen molar-refractivity contribution >= 4 is 12.1 Å². The molecule has 0 amide bonds. The van der Waals surface area contributed by atoms with E-state index in [0.29, 0.717) is 0 Å². The first kappa shape index (κ1) is 11.0. The molecular formula is C7H12O2. The van der Waals surface area contributed by atoms with Crippen LogP contribution < -0.4 is 0 Å². The van der Waals surface area contributed by atoms with Gasteiger partial charge in [-0.3, -0.25) is 4.79 Å². The molecule has 0 aromatic carbocycles. The van der Waals surface area contributed by atoms with E-state index in [1.54, 1.807) is 13.0 Å². The summed E-state index contributed by atoms with van der Waals surface area (Å²) in [6.07, 6.45) is 3.88. The summed E-state index contributed by atoms with van der Waals surface area (Å²) in [6, 6.07) is 0. The van der Waals surface area contributed by atoms with E-state index in [1.807, 2.05) is 0 Å². The third kappa shape index (κ3) is 157. The number of Topliss-reactive ketones (excluding diaryl/α,β-unsaturated/α-hetero) is 1. The zero-order chi connectivity index (χ0) is 7.70. The molecule has 0 aliphatic rings. The predicted molar refractivity (Wildman–Crippen MR) is 37.2 cm³/mol. The average Bonchev–Trinajstić information content (AvgIpc) is 1.66. The molecule has 0 fully saturated rings. The molecule has 9 heavy (non-hydrogen) atoms. The normalized spacial score (nSPS) is 7.89. The monoisotopic (exact) mass is 128 g/mol. The number of ketones is 1. The van der Waals surface area contributed by atoms with E-state index in [4.69, 9.17) is 0 Å². The Hall–Kier alpha value is -0.920. The molecule has 0 atom stereocenters. The number of carbonyl (C=O) groups excluding carboxylic acids is 2. The fourth-order valence-electron chi connectivity index (χ4n) is 0.0786. The molecule has 0 aromatic heterocycles. The van der Waals surface area contributed by atoms with Crippen LogP contribution in [0.2, 0.25) is 0 Å². The molecule has 0 saturated heterocycles. The van der Waals surface area contributed by atoms with Gasteiger partial charge in [-0.2, -0.15) is 0 Å². The van der Waals surface area contributed by atoms with Gasteiger partial charge < -0.3 is 4.79 Å². The van der Waals surface area contributed by atoms with E-state index in [1.165, 1.54) is 19.9 Å². The van der Waals surface area contributed by atoms with Crippen molar-refractivity contribution in [1.82, 2.24) is 0 Å². The van der Waals surface area contributed by atoms with Gasteiger partial charge in [0.2, 0.25) is 0 Å². The first-order valence-electron chi connectivity index (χ1n) is 2.68. The highest BCUT2D eigenvalue weighted by molar-refractivity contribution is 5.72. The quantitative estimate of drug-likeness (QED) is 0.394. The Morgan fingerprint density at radius 2 is 1.67 bits per heavy atom. The van der Waals surface area contributed by atoms with Gasteiger partial charge in [0.1, 0.15) is 12.1 Å². The van der Waals surface area contributed by atoms with Crippen molar-refractivity contribution in [1.29, 1.82) is 0 Å². The molecule has 0 radical (unpaired) electrons. The lowest BCUT2D eigenvalue weighted by atomic mass is 10.6. The molecule has 0 unspecified atom stereocenters. The smallest absolute Gasteiger partial charge is 0.142 e. The lowest BCUT2D eigenvalue weighted by Gasteiger charge is -1.56. The second-order valence-corrected chi connectivity index (χ2v) is 1.57. The van der Waals surface area contributed by atoms with Crippen LogP contribution in [0.1, 0.15) is 20.8 Å². The van der Waals surface area contributed by atoms with Gasteiger partial charge in [-0.05, 0) is 26.8 Å². The Morgan fingerprint density at radius 1 is 1.33 bits per heavy atom. The topological polar surface area (TPSA) is 34.1 Å². The van der Waals surface area contributed by atoms with E-state index < -0.39 is 0 Å². The molecule has 0 rings (SSSR count). The molecule has 0 aliphatic heterocycles. The van der Waals surface area contributed by atoms with Gasteiger partial charge in [-0.15, -0.1) is 0 Å². The third-order valence-electron chi connectivity index (χ3n) is 0.271. The fraction of sp³-hybridized carbons (Fsp3) is 0.429. The Bertz CT molecular complexity index is 99.5. The molecule has 2 nitrogen and oxygen atoms in total. The average molecular weight is 128 g/mol. The van der Waals surface area contributed by atoms with Crippen molar-refractivity contribution in [3.05, 3.63) is 12.2 Å². The molecular weight excluding hydrogens is 116 g/mol. The maximum Gasteiger partial charge on any atom is 0.142 e. The van der Waals surface area contributed by atoms with Crippen LogP contribution in [0.15, 0.2) is 12.2 Å². The zero-order valence-electron chi connectivity index (χ0n) is 6.05. The van der Waals surface area contributed by atoms with Crippen molar-refractivity contribution in [2.24, 2.45) is 0 Å². The maximum absolute atomic E-state index is 9.44. The van der Waals surface area contributed by atoms with Crippen molar-refractivity contribution in [2.75, 3.05) is 0 Å². The SMILES string of the molecule is C/C=C/C=O.CC(C)=O. The Morgan fingerprint density at radius 3 is 1.67 bits per heavy atom.